The average molecular weight is 421 g/mol. The average Bonchev–Trinajstić information content (AvgIpc) is 3.15. The summed E-state index contributed by atoms with van der Waals surface area (Å²) in [5.74, 6) is 0.359. The van der Waals surface area contributed by atoms with Crippen molar-refractivity contribution in [1.29, 1.82) is 0 Å². The van der Waals surface area contributed by atoms with Crippen molar-refractivity contribution < 1.29 is 9.53 Å². The van der Waals surface area contributed by atoms with Crippen molar-refractivity contribution in [2.24, 2.45) is 0 Å². The van der Waals surface area contributed by atoms with Crippen molar-refractivity contribution in [3.8, 4) is 5.75 Å². The number of fused-ring (bicyclic) bond motifs is 1. The number of carbonyl (C=O) groups is 1. The lowest BCUT2D eigenvalue weighted by Crippen LogP contribution is -2.16. The zero-order valence-electron chi connectivity index (χ0n) is 16.7. The van der Waals surface area contributed by atoms with E-state index in [1.165, 1.54) is 0 Å². The lowest BCUT2D eigenvalue weighted by Gasteiger charge is -2.18. The highest BCUT2D eigenvalue weighted by molar-refractivity contribution is 6.31. The molecule has 0 aliphatic heterocycles. The minimum absolute atomic E-state index is 0.237. The van der Waals surface area contributed by atoms with Gasteiger partial charge in [0.2, 0.25) is 0 Å². The number of pyridine rings is 1. The van der Waals surface area contributed by atoms with E-state index in [2.05, 4.69) is 10.3 Å². The van der Waals surface area contributed by atoms with E-state index in [0.29, 0.717) is 28.6 Å². The van der Waals surface area contributed by atoms with Gasteiger partial charge in [0.15, 0.2) is 0 Å². The first-order chi connectivity index (χ1) is 14.5. The van der Waals surface area contributed by atoms with Crippen LogP contribution in [0.15, 0.2) is 73.1 Å². The molecule has 2 aromatic carbocycles. The maximum Gasteiger partial charge on any atom is 0.255 e. The minimum atomic E-state index is -0.237. The Hall–Kier alpha value is -3.51. The van der Waals surface area contributed by atoms with Gasteiger partial charge in [0.05, 0.1) is 17.1 Å². The minimum Gasteiger partial charge on any atom is -0.487 e. The van der Waals surface area contributed by atoms with Gasteiger partial charge in [-0.2, -0.15) is 0 Å². The molecule has 30 heavy (non-hydrogen) atoms. The van der Waals surface area contributed by atoms with Gasteiger partial charge in [0.1, 0.15) is 18.0 Å². The second-order valence-corrected chi connectivity index (χ2v) is 7.46. The molecule has 0 spiro atoms. The Kier molecular flexibility index (Phi) is 5.59. The number of aromatic nitrogens is 2. The number of nitrogens with zero attached hydrogens (tertiary/aromatic N) is 3. The summed E-state index contributed by atoms with van der Waals surface area (Å²) in [6, 6.07) is 18.3. The third-order valence-corrected chi connectivity index (χ3v) is 4.82. The van der Waals surface area contributed by atoms with Crippen molar-refractivity contribution in [3.05, 3.63) is 89.3 Å². The van der Waals surface area contributed by atoms with E-state index >= 15 is 0 Å². The number of hydrogen-bond donors (Lipinski definition) is 1. The zero-order chi connectivity index (χ0) is 21.1. The van der Waals surface area contributed by atoms with Gasteiger partial charge in [-0.1, -0.05) is 23.7 Å². The van der Waals surface area contributed by atoms with E-state index in [9.17, 15) is 4.79 Å². The molecule has 1 N–H and O–H groups in total. The van der Waals surface area contributed by atoms with E-state index in [0.717, 1.165) is 17.0 Å². The van der Waals surface area contributed by atoms with E-state index in [1.807, 2.05) is 66.1 Å². The van der Waals surface area contributed by atoms with E-state index in [4.69, 9.17) is 16.3 Å². The van der Waals surface area contributed by atoms with Crippen LogP contribution in [0, 0.1) is 0 Å². The summed E-state index contributed by atoms with van der Waals surface area (Å²) in [7, 11) is 3.82. The molecule has 6 nitrogen and oxygen atoms in total. The maximum absolute atomic E-state index is 12.8. The molecule has 2 aromatic heterocycles. The molecule has 0 saturated carbocycles. The van der Waals surface area contributed by atoms with E-state index in [1.54, 1.807) is 30.3 Å². The second kappa shape index (κ2) is 8.47. The highest BCUT2D eigenvalue weighted by Gasteiger charge is 2.12. The molecular weight excluding hydrogens is 400 g/mol. The quantitative estimate of drug-likeness (QED) is 0.482. The smallest absolute Gasteiger partial charge is 0.255 e. The van der Waals surface area contributed by atoms with Gasteiger partial charge in [0, 0.05) is 37.1 Å². The van der Waals surface area contributed by atoms with Crippen LogP contribution in [0.3, 0.4) is 0 Å². The number of ether oxygens (including phenoxy) is 1. The maximum atomic E-state index is 12.8. The first kappa shape index (κ1) is 19.8. The number of nitrogens with one attached hydrogen (secondary N) is 1. The molecular formula is C23H21ClN4O2. The Bertz CT molecular complexity index is 1170. The first-order valence-corrected chi connectivity index (χ1v) is 9.81. The van der Waals surface area contributed by atoms with Gasteiger partial charge in [0.25, 0.3) is 5.91 Å². The van der Waals surface area contributed by atoms with Crippen molar-refractivity contribution in [2.75, 3.05) is 24.3 Å². The molecule has 0 radical (unpaired) electrons. The fourth-order valence-electron chi connectivity index (χ4n) is 3.13. The van der Waals surface area contributed by atoms with Crippen LogP contribution in [0.4, 0.5) is 11.4 Å². The van der Waals surface area contributed by atoms with Gasteiger partial charge in [-0.3, -0.25) is 4.79 Å². The molecule has 0 unspecified atom stereocenters. The SMILES string of the molecule is CN(C)c1ccc(Cl)cc1NC(=O)c1cccc(OCc2cn3ccccc3n2)c1. The molecule has 4 rings (SSSR count). The van der Waals surface area contributed by atoms with E-state index < -0.39 is 0 Å². The summed E-state index contributed by atoms with van der Waals surface area (Å²) in [5.41, 5.74) is 3.68. The van der Waals surface area contributed by atoms with Crippen LogP contribution < -0.4 is 15.0 Å². The summed E-state index contributed by atoms with van der Waals surface area (Å²) < 4.78 is 7.80. The molecule has 4 aromatic rings. The summed E-state index contributed by atoms with van der Waals surface area (Å²) in [6.45, 7) is 0.311. The molecule has 7 heteroatoms. The largest absolute Gasteiger partial charge is 0.487 e. The number of carbonyl (C=O) groups excluding carboxylic acids is 1. The number of benzene rings is 2. The molecule has 0 aliphatic carbocycles. The molecule has 1 amide bonds. The van der Waals surface area contributed by atoms with Gasteiger partial charge in [-0.25, -0.2) is 4.98 Å². The van der Waals surface area contributed by atoms with Gasteiger partial charge < -0.3 is 19.4 Å². The monoisotopic (exact) mass is 420 g/mol. The molecule has 0 aliphatic rings. The third kappa shape index (κ3) is 4.39. The van der Waals surface area contributed by atoms with Crippen LogP contribution in [-0.2, 0) is 6.61 Å². The van der Waals surface area contributed by atoms with Gasteiger partial charge >= 0.3 is 0 Å². The predicted octanol–water partition coefficient (Wildman–Crippen LogP) is 4.89. The number of anilines is 2. The van der Waals surface area contributed by atoms with Crippen molar-refractivity contribution in [2.45, 2.75) is 6.61 Å². The number of rotatable bonds is 6. The lowest BCUT2D eigenvalue weighted by atomic mass is 10.2. The third-order valence-electron chi connectivity index (χ3n) is 4.59. The lowest BCUT2D eigenvalue weighted by molar-refractivity contribution is 0.102. The fraction of sp³-hybridized carbons (Fsp3) is 0.130. The Morgan fingerprint density at radius 1 is 1.13 bits per heavy atom. The molecule has 0 saturated heterocycles. The topological polar surface area (TPSA) is 58.9 Å². The number of amides is 1. The van der Waals surface area contributed by atoms with Crippen molar-refractivity contribution >= 4 is 34.5 Å². The Labute approximate surface area is 179 Å². The summed E-state index contributed by atoms with van der Waals surface area (Å²) in [5, 5.41) is 3.49. The van der Waals surface area contributed by atoms with Crippen molar-refractivity contribution in [3.63, 3.8) is 0 Å². The fourth-order valence-corrected chi connectivity index (χ4v) is 3.31. The number of hydrogen-bond acceptors (Lipinski definition) is 4. The molecule has 152 valence electrons. The second-order valence-electron chi connectivity index (χ2n) is 7.02. The normalized spacial score (nSPS) is 10.8. The molecule has 0 atom stereocenters. The molecule has 0 bridgehead atoms. The summed E-state index contributed by atoms with van der Waals surface area (Å²) >= 11 is 6.11. The van der Waals surface area contributed by atoms with Crippen molar-refractivity contribution in [1.82, 2.24) is 9.38 Å². The van der Waals surface area contributed by atoms with Crippen LogP contribution in [0.25, 0.3) is 5.65 Å². The molecule has 0 fully saturated rings. The number of imidazole rings is 1. The number of halogens is 1. The molecule has 2 heterocycles. The van der Waals surface area contributed by atoms with Crippen LogP contribution in [0.5, 0.6) is 5.75 Å². The standard InChI is InChI=1S/C23H21ClN4O2/c1-27(2)21-10-9-17(24)13-20(21)26-23(29)16-6-5-7-19(12-16)30-15-18-14-28-11-4-3-8-22(28)25-18/h3-14H,15H2,1-2H3,(H,26,29). The van der Waals surface area contributed by atoms with Crippen LogP contribution in [0.1, 0.15) is 16.1 Å². The Morgan fingerprint density at radius 2 is 2.00 bits per heavy atom. The van der Waals surface area contributed by atoms with Crippen LogP contribution in [-0.4, -0.2) is 29.4 Å². The first-order valence-electron chi connectivity index (χ1n) is 9.43. The van der Waals surface area contributed by atoms with Crippen LogP contribution >= 0.6 is 11.6 Å². The predicted molar refractivity (Wildman–Crippen MR) is 120 cm³/mol. The highest BCUT2D eigenvalue weighted by Crippen LogP contribution is 2.28. The van der Waals surface area contributed by atoms with Crippen LogP contribution in [0.2, 0.25) is 5.02 Å². The zero-order valence-corrected chi connectivity index (χ0v) is 17.4. The highest BCUT2D eigenvalue weighted by atomic mass is 35.5. The Balaban J connectivity index is 1.47. The Morgan fingerprint density at radius 3 is 2.80 bits per heavy atom. The summed E-state index contributed by atoms with van der Waals surface area (Å²) in [6.07, 6.45) is 3.86. The van der Waals surface area contributed by atoms with Gasteiger partial charge in [-0.05, 0) is 48.5 Å². The van der Waals surface area contributed by atoms with E-state index in [-0.39, 0.29) is 5.91 Å². The van der Waals surface area contributed by atoms with Gasteiger partial charge in [-0.15, -0.1) is 0 Å². The summed E-state index contributed by atoms with van der Waals surface area (Å²) in [4.78, 5) is 19.2.